The summed E-state index contributed by atoms with van der Waals surface area (Å²) in [5.74, 6) is 9.88. The van der Waals surface area contributed by atoms with Crippen LogP contribution in [0.25, 0.3) is 0 Å². The molecule has 48 heteroatoms. The Morgan fingerprint density at radius 3 is 0.307 bits per heavy atom. The molecule has 0 radical (unpaired) electrons. The second-order valence-electron chi connectivity index (χ2n) is 31.7. The summed E-state index contributed by atoms with van der Waals surface area (Å²) in [4.78, 5) is 0. The number of hydrogen-bond acceptors (Lipinski definition) is 48. The fourth-order valence-corrected chi connectivity index (χ4v) is 90.6. The maximum Gasteiger partial charge on any atom is 0.0718 e. The maximum atomic E-state index is 2.34. The van der Waals surface area contributed by atoms with Crippen LogP contribution in [0.5, 0.6) is 0 Å². The van der Waals surface area contributed by atoms with Gasteiger partial charge in [0.25, 0.3) is 0 Å². The van der Waals surface area contributed by atoms with E-state index >= 15 is 0 Å². The normalized spacial score (nSPS) is 22.1. The van der Waals surface area contributed by atoms with Crippen molar-refractivity contribution in [3.8, 4) is 0 Å². The Bertz CT molecular complexity index is 4240. The van der Waals surface area contributed by atoms with Crippen molar-refractivity contribution >= 4 is 565 Å². The van der Waals surface area contributed by atoms with E-state index in [1.54, 1.807) is 33.9 Å². The highest BCUT2D eigenvalue weighted by molar-refractivity contribution is 8.57. The summed E-state index contributed by atoms with van der Waals surface area (Å²) in [7, 11) is 0. The van der Waals surface area contributed by atoms with E-state index < -0.39 is 0 Å². The third kappa shape index (κ3) is 36.8. The Labute approximate surface area is 1040 Å². The largest absolute Gasteiger partial charge is 0.117 e. The zero-order valence-electron chi connectivity index (χ0n) is 78.7. The first kappa shape index (κ1) is 122. The molecule has 0 spiro atoms. The lowest BCUT2D eigenvalue weighted by atomic mass is 10.2. The molecule has 0 aliphatic carbocycles. The van der Waals surface area contributed by atoms with E-state index in [1.165, 1.54) is 387 Å². The van der Waals surface area contributed by atoms with Crippen LogP contribution >= 0.6 is 565 Å². The first-order valence-electron chi connectivity index (χ1n) is 47.6. The van der Waals surface area contributed by atoms with Gasteiger partial charge in [0, 0.05) is 20.3 Å². The summed E-state index contributed by atoms with van der Waals surface area (Å²) in [5.41, 5.74) is 0. The smallest absolute Gasteiger partial charge is 0.0718 e. The van der Waals surface area contributed by atoms with Crippen molar-refractivity contribution in [3.63, 3.8) is 0 Å². The van der Waals surface area contributed by atoms with Gasteiger partial charge in [0.1, 0.15) is 0 Å². The molecule has 17 aliphatic rings. The van der Waals surface area contributed by atoms with Gasteiger partial charge in [0.2, 0.25) is 0 Å². The third-order valence-corrected chi connectivity index (χ3v) is 92.7. The molecule has 0 aromatic heterocycles. The Balaban J connectivity index is 0.613. The number of thioether (sulfide) groups is 48. The predicted octanol–water partition coefficient (Wildman–Crippen LogP) is 54.4. The van der Waals surface area contributed by atoms with Crippen LogP contribution in [0.2, 0.25) is 0 Å². The van der Waals surface area contributed by atoms with Gasteiger partial charge in [-0.2, -0.15) is 0 Å². The molecular formula is C92H112S48. The molecule has 0 saturated carbocycles. The molecule has 17 heterocycles. The van der Waals surface area contributed by atoms with Gasteiger partial charge in [-0.3, -0.25) is 0 Å². The number of unbranched alkanes of at least 4 members (excludes halogenated alkanes) is 24. The standard InChI is InChI=1S/C92H112S48/c1-9-17-25-33-41-93-53-54(94-42-34-26-18-10-2)110-69(109-53)77-125-85-86(126-77)134-81(133-85)73-117-61-62(118-73)102-50-104-64-66(122-75(120-64)83-137-89-90(138-83)130-79(129-89)71-113-57(97-45-37-29-21-13-5)58(114-71)98-46-38-30-22-14-6)106-52-108-68-67(123-76(124-68)84-139-91-92(140-84)132-80(131-91)72-115-59(99-47-39-31-23-15-7)60(116-72)100-48-40-32-24-16-8)107-51-105-65-63(103-49-101-61)119-74(121-65)82-135-87-88(136-82)128-78(127-87)70-111-55(95-43-35-27-19-11-3)56(112-70)96-44-36-28-20-12-4/h9-52H2,1-8H3. The average molecular weight is 2760 g/mol. The number of hydrogen-bond donors (Lipinski definition) is 0. The van der Waals surface area contributed by atoms with E-state index in [2.05, 4.69) is 620 Å². The molecule has 0 fully saturated rings. The number of rotatable bonds is 48. The Hall–Kier alpha value is 11.6. The van der Waals surface area contributed by atoms with Gasteiger partial charge in [-0.15, -0.1) is 188 Å². The summed E-state index contributed by atoms with van der Waals surface area (Å²) < 4.78 is 60.7. The first-order chi connectivity index (χ1) is 69.0. The second kappa shape index (κ2) is 67.4. The SMILES string of the molecule is CCCCCCSC1=C(SCCCCCC)SC(=C2SC3=C(S2)SC(=C2SC4=C(SCSC5=C(SCSC6=C(SCSC7=C(SCS4)SC(=C4SC8=C(SC(=C9SC(SCCCCCC)=C(SCCCCCC)S9)S8)S4)S7)SC(=C4SC7=C(SC(=C8SC(SCCCCCC)=C(SCCCCCC)S8)S7)S4)S6)SC(=C4SC6=C(SC(=C7SC(SCCCCCC)=C(SCCCCCC)S7)S6)S4)S5)S2)S3)S1. The summed E-state index contributed by atoms with van der Waals surface area (Å²) in [6, 6.07) is 0. The van der Waals surface area contributed by atoms with Gasteiger partial charge in [0.05, 0.1) is 169 Å². The molecular weight excluding hydrogens is 2640 g/mol. The lowest BCUT2D eigenvalue weighted by Gasteiger charge is -2.09. The molecule has 0 N–H and O–H groups in total. The highest BCUT2D eigenvalue weighted by Gasteiger charge is 2.45. The fraction of sp³-hybridized carbons (Fsp3) is 0.565. The average Bonchev–Trinajstić information content (AvgIpc) is 1.64. The summed E-state index contributed by atoms with van der Waals surface area (Å²) in [6.45, 7) is 18.7. The van der Waals surface area contributed by atoms with Crippen molar-refractivity contribution in [2.75, 3.05) is 66.4 Å². The molecule has 0 aromatic rings. The van der Waals surface area contributed by atoms with Gasteiger partial charge < -0.3 is 0 Å². The van der Waals surface area contributed by atoms with Crippen LogP contribution in [-0.2, 0) is 0 Å². The Kier molecular flexibility index (Phi) is 58.9. The molecule has 0 saturated heterocycles. The lowest BCUT2D eigenvalue weighted by Crippen LogP contribution is -1.83. The monoisotopic (exact) mass is 2750 g/mol. The van der Waals surface area contributed by atoms with Gasteiger partial charge in [-0.05, 0) is 97.4 Å². The van der Waals surface area contributed by atoms with Crippen molar-refractivity contribution in [3.05, 3.63) is 169 Å². The summed E-state index contributed by atoms with van der Waals surface area (Å²) in [6.07, 6.45) is 42.5. The van der Waals surface area contributed by atoms with Crippen molar-refractivity contribution < 1.29 is 0 Å². The molecule has 17 rings (SSSR count). The molecule has 140 heavy (non-hydrogen) atoms. The minimum atomic E-state index is 0.986. The van der Waals surface area contributed by atoms with Crippen LogP contribution in [0, 0.1) is 0 Å². The molecule has 768 valence electrons. The molecule has 0 nitrogen and oxygen atoms in total. The minimum Gasteiger partial charge on any atom is -0.117 e. The van der Waals surface area contributed by atoms with Crippen molar-refractivity contribution in [1.82, 2.24) is 0 Å². The highest BCUT2D eigenvalue weighted by atomic mass is 32.3. The minimum absolute atomic E-state index is 0.986. The molecule has 0 amide bonds. The molecule has 0 bridgehead atoms. The van der Waals surface area contributed by atoms with Crippen LogP contribution in [0.15, 0.2) is 169 Å². The van der Waals surface area contributed by atoms with Crippen LogP contribution in [-0.4, -0.2) is 66.4 Å². The summed E-state index contributed by atoms with van der Waals surface area (Å²) in [5, 5.41) is 3.94. The van der Waals surface area contributed by atoms with Crippen LogP contribution in [0.3, 0.4) is 0 Å². The van der Waals surface area contributed by atoms with Gasteiger partial charge in [-0.25, -0.2) is 0 Å². The van der Waals surface area contributed by atoms with E-state index in [1.807, 2.05) is 0 Å². The summed E-state index contributed by atoms with van der Waals surface area (Å²) >= 11 is 101. The maximum absolute atomic E-state index is 2.34. The Morgan fingerprint density at radius 1 is 0.114 bits per heavy atom. The molecule has 0 atom stereocenters. The van der Waals surface area contributed by atoms with Crippen molar-refractivity contribution in [2.24, 2.45) is 0 Å². The van der Waals surface area contributed by atoms with E-state index in [4.69, 9.17) is 0 Å². The molecule has 0 unspecified atom stereocenters. The third-order valence-electron chi connectivity index (χ3n) is 20.6. The van der Waals surface area contributed by atoms with Crippen LogP contribution < -0.4 is 0 Å². The van der Waals surface area contributed by atoms with Crippen LogP contribution in [0.1, 0.15) is 261 Å². The molecule has 17 aliphatic heterocycles. The van der Waals surface area contributed by atoms with E-state index in [9.17, 15) is 0 Å². The Morgan fingerprint density at radius 2 is 0.207 bits per heavy atom. The van der Waals surface area contributed by atoms with Crippen molar-refractivity contribution in [2.45, 2.75) is 261 Å². The van der Waals surface area contributed by atoms with Crippen LogP contribution in [0.4, 0.5) is 0 Å². The fourth-order valence-electron chi connectivity index (χ4n) is 13.4. The topological polar surface area (TPSA) is 0 Å². The highest BCUT2D eigenvalue weighted by Crippen LogP contribution is 2.81. The van der Waals surface area contributed by atoms with Gasteiger partial charge >= 0.3 is 0 Å². The van der Waals surface area contributed by atoms with Gasteiger partial charge in [-0.1, -0.05) is 586 Å². The first-order valence-corrected chi connectivity index (χ1v) is 89.5. The lowest BCUT2D eigenvalue weighted by molar-refractivity contribution is 0.707. The van der Waals surface area contributed by atoms with E-state index in [-0.39, 0.29) is 0 Å². The predicted molar refractivity (Wildman–Crippen MR) is 756 cm³/mol. The van der Waals surface area contributed by atoms with E-state index in [0.717, 1.165) is 20.3 Å². The van der Waals surface area contributed by atoms with Crippen molar-refractivity contribution in [1.29, 1.82) is 0 Å². The second-order valence-corrected chi connectivity index (χ2v) is 92.8. The zero-order valence-corrected chi connectivity index (χ0v) is 118. The van der Waals surface area contributed by atoms with Gasteiger partial charge in [0.15, 0.2) is 0 Å². The quantitative estimate of drug-likeness (QED) is 0.0530. The van der Waals surface area contributed by atoms with E-state index in [0.29, 0.717) is 0 Å². The zero-order chi connectivity index (χ0) is 96.1. The molecule has 0 aromatic carbocycles.